The van der Waals surface area contributed by atoms with Crippen LogP contribution in [0.1, 0.15) is 98.3 Å². The van der Waals surface area contributed by atoms with Gasteiger partial charge in [0.25, 0.3) is 0 Å². The van der Waals surface area contributed by atoms with Crippen molar-refractivity contribution in [2.45, 2.75) is 104 Å². The number of rotatable bonds is 1. The van der Waals surface area contributed by atoms with E-state index in [1.807, 2.05) is 25.7 Å². The third-order valence-electron chi connectivity index (χ3n) is 6.38. The van der Waals surface area contributed by atoms with Crippen molar-refractivity contribution in [3.8, 4) is 0 Å². The van der Waals surface area contributed by atoms with E-state index in [1.165, 1.54) is 57.8 Å². The molecule has 0 aromatic rings. The van der Waals surface area contributed by atoms with Gasteiger partial charge in [0.05, 0.1) is 5.91 Å². The number of nitrogens with zero attached hydrogens (tertiary/aromatic N) is 1. The first-order valence-corrected chi connectivity index (χ1v) is 11.8. The standard InChI is InChI=1S/C18H33NO2.C6H8NO2.V/c1-18(2,3)21-17(20)19-13-11-16(12-14-19)15-9-7-5-4-6-8-10-15;1-4-2-3-5(8)7-6(4)9;/h15-16H,4-14H2,1-3H3;2-3H2,1H3,(H,7,8,9);/q;-1;. The van der Waals surface area contributed by atoms with E-state index in [1.54, 1.807) is 6.92 Å². The van der Waals surface area contributed by atoms with Gasteiger partial charge in [0.2, 0.25) is 5.91 Å². The molecule has 0 atom stereocenters. The second kappa shape index (κ2) is 13.4. The van der Waals surface area contributed by atoms with Gasteiger partial charge in [-0.1, -0.05) is 44.9 Å². The molecule has 2 heterocycles. The zero-order chi connectivity index (χ0) is 22.1. The van der Waals surface area contributed by atoms with Crippen LogP contribution in [0.4, 0.5) is 4.79 Å². The summed E-state index contributed by atoms with van der Waals surface area (Å²) in [5.41, 5.74) is -0.381. The fourth-order valence-electron chi connectivity index (χ4n) is 4.55. The van der Waals surface area contributed by atoms with Gasteiger partial charge >= 0.3 is 6.09 Å². The Balaban J connectivity index is 0.000000404. The van der Waals surface area contributed by atoms with Gasteiger partial charge in [0, 0.05) is 38.1 Å². The van der Waals surface area contributed by atoms with Gasteiger partial charge in [-0.25, -0.2) is 4.79 Å². The van der Waals surface area contributed by atoms with Crippen LogP contribution in [-0.4, -0.2) is 41.5 Å². The van der Waals surface area contributed by atoms with E-state index in [0.717, 1.165) is 30.8 Å². The maximum absolute atomic E-state index is 12.1. The van der Waals surface area contributed by atoms with E-state index in [0.29, 0.717) is 12.8 Å². The van der Waals surface area contributed by atoms with E-state index in [9.17, 15) is 14.4 Å². The number of ether oxygens (including phenoxy) is 1. The van der Waals surface area contributed by atoms with Crippen LogP contribution in [0, 0.1) is 17.8 Å². The van der Waals surface area contributed by atoms with Gasteiger partial charge in [0.1, 0.15) is 5.60 Å². The van der Waals surface area contributed by atoms with Crippen LogP contribution in [0.3, 0.4) is 0 Å². The summed E-state index contributed by atoms with van der Waals surface area (Å²) >= 11 is 0. The van der Waals surface area contributed by atoms with E-state index in [2.05, 4.69) is 5.32 Å². The first-order valence-electron chi connectivity index (χ1n) is 11.8. The average Bonchev–Trinajstić information content (AvgIpc) is 2.64. The summed E-state index contributed by atoms with van der Waals surface area (Å²) in [4.78, 5) is 35.1. The molecule has 0 bridgehead atoms. The summed E-state index contributed by atoms with van der Waals surface area (Å²) < 4.78 is 5.48. The number of nitrogens with one attached hydrogen (secondary N) is 1. The molecule has 3 amide bonds. The average molecular weight is 473 g/mol. The van der Waals surface area contributed by atoms with E-state index < -0.39 is 0 Å². The third-order valence-corrected chi connectivity index (χ3v) is 6.38. The van der Waals surface area contributed by atoms with Crippen molar-refractivity contribution in [3.63, 3.8) is 0 Å². The van der Waals surface area contributed by atoms with Gasteiger partial charge in [-0.2, -0.15) is 6.92 Å². The summed E-state index contributed by atoms with van der Waals surface area (Å²) in [6.07, 6.45) is 13.2. The predicted molar refractivity (Wildman–Crippen MR) is 118 cm³/mol. The zero-order valence-corrected chi connectivity index (χ0v) is 21.3. The first-order chi connectivity index (χ1) is 14.2. The van der Waals surface area contributed by atoms with Gasteiger partial charge in [-0.15, -0.1) is 6.42 Å². The van der Waals surface area contributed by atoms with Gasteiger partial charge < -0.3 is 19.7 Å². The van der Waals surface area contributed by atoms with E-state index in [-0.39, 0.29) is 42.1 Å². The fourth-order valence-corrected chi connectivity index (χ4v) is 4.55. The molecule has 1 N–H and O–H groups in total. The Kier molecular flexibility index (Phi) is 12.1. The summed E-state index contributed by atoms with van der Waals surface area (Å²) in [5.74, 6) is 2.11. The molecule has 0 aromatic heterocycles. The topological polar surface area (TPSA) is 75.7 Å². The second-order valence-corrected chi connectivity index (χ2v) is 10.1. The van der Waals surface area contributed by atoms with E-state index in [4.69, 9.17) is 4.74 Å². The number of hydrogen-bond acceptors (Lipinski definition) is 4. The van der Waals surface area contributed by atoms with Crippen molar-refractivity contribution >= 4 is 17.9 Å². The molecule has 1 saturated carbocycles. The minimum absolute atomic E-state index is 0. The van der Waals surface area contributed by atoms with E-state index >= 15 is 0 Å². The van der Waals surface area contributed by atoms with Crippen molar-refractivity contribution < 1.29 is 37.7 Å². The molecule has 2 saturated heterocycles. The molecular weight excluding hydrogens is 431 g/mol. The normalized spacial score (nSPS) is 21.7. The van der Waals surface area contributed by atoms with Crippen LogP contribution in [0.15, 0.2) is 0 Å². The van der Waals surface area contributed by atoms with Crippen LogP contribution < -0.4 is 5.32 Å². The zero-order valence-electron chi connectivity index (χ0n) is 19.9. The van der Waals surface area contributed by atoms with Crippen LogP contribution in [0.5, 0.6) is 0 Å². The van der Waals surface area contributed by atoms with Crippen LogP contribution in [0.2, 0.25) is 0 Å². The van der Waals surface area contributed by atoms with Gasteiger partial charge in [0.15, 0.2) is 0 Å². The third kappa shape index (κ3) is 10.3. The van der Waals surface area contributed by atoms with Crippen molar-refractivity contribution in [1.29, 1.82) is 0 Å². The largest absolute Gasteiger partial charge is 0.444 e. The molecule has 31 heavy (non-hydrogen) atoms. The molecule has 177 valence electrons. The molecule has 3 aliphatic rings. The van der Waals surface area contributed by atoms with Crippen LogP contribution in [0.25, 0.3) is 0 Å². The molecule has 1 aliphatic carbocycles. The Morgan fingerprint density at radius 1 is 0.968 bits per heavy atom. The molecule has 6 nitrogen and oxygen atoms in total. The minimum Gasteiger partial charge on any atom is -0.444 e. The first kappa shape index (κ1) is 27.9. The fraction of sp³-hybridized carbons (Fsp3) is 0.833. The maximum atomic E-state index is 12.1. The number of carbonyl (C=O) groups excluding carboxylic acids is 3. The molecule has 0 unspecified atom stereocenters. The monoisotopic (exact) mass is 472 g/mol. The van der Waals surface area contributed by atoms with Crippen molar-refractivity contribution in [2.75, 3.05) is 13.1 Å². The summed E-state index contributed by atoms with van der Waals surface area (Å²) in [6.45, 7) is 9.32. The second-order valence-electron chi connectivity index (χ2n) is 10.1. The minimum atomic E-state index is -0.381. The molecule has 0 aromatic carbocycles. The van der Waals surface area contributed by atoms with Gasteiger partial charge in [-0.05, 0) is 45.4 Å². The Morgan fingerprint density at radius 3 is 1.97 bits per heavy atom. The quantitative estimate of drug-likeness (QED) is 0.430. The summed E-state index contributed by atoms with van der Waals surface area (Å²) in [6, 6.07) is 0. The van der Waals surface area contributed by atoms with Crippen molar-refractivity contribution in [2.24, 2.45) is 11.8 Å². The van der Waals surface area contributed by atoms with Crippen molar-refractivity contribution in [1.82, 2.24) is 10.2 Å². The predicted octanol–water partition coefficient (Wildman–Crippen LogP) is 5.01. The Hall–Kier alpha value is -1.14. The number of piperidine rings is 2. The molecule has 3 fully saturated rings. The Morgan fingerprint density at radius 2 is 1.48 bits per heavy atom. The number of carbonyl (C=O) groups is 3. The smallest absolute Gasteiger partial charge is 0.410 e. The van der Waals surface area contributed by atoms with Crippen LogP contribution in [-0.2, 0) is 32.9 Å². The number of likely N-dealkylation sites (tertiary alicyclic amines) is 1. The molecule has 7 heteroatoms. The summed E-state index contributed by atoms with van der Waals surface area (Å²) in [7, 11) is 0. The number of amides is 3. The summed E-state index contributed by atoms with van der Waals surface area (Å²) in [5, 5.41) is 2.21. The molecule has 2 aliphatic heterocycles. The molecule has 1 radical (unpaired) electrons. The molecule has 0 spiro atoms. The number of imide groups is 1. The van der Waals surface area contributed by atoms with Crippen LogP contribution >= 0.6 is 0 Å². The number of hydrogen-bond donors (Lipinski definition) is 1. The van der Waals surface area contributed by atoms with Crippen molar-refractivity contribution in [3.05, 3.63) is 5.92 Å². The maximum Gasteiger partial charge on any atom is 0.410 e. The Labute approximate surface area is 200 Å². The molecular formula is C24H41N2O4V-. The Bertz CT molecular complexity index is 575. The SMILES string of the molecule is CC(C)(C)OC(=O)N1CCC(C2CCCCCCC2)CC1.C[C-]1CCC(=O)NC1=O.[V]. The van der Waals surface area contributed by atoms with Gasteiger partial charge in [-0.3, -0.25) is 10.7 Å². The molecule has 3 rings (SSSR count).